The van der Waals surface area contributed by atoms with E-state index in [0.717, 1.165) is 11.3 Å². The second-order valence-electron chi connectivity index (χ2n) is 2.03. The Balaban J connectivity index is 3.04. The summed E-state index contributed by atoms with van der Waals surface area (Å²) in [7, 11) is 0. The maximum absolute atomic E-state index is 8.28. The fraction of sp³-hybridized carbons (Fsp3) is 0.143. The van der Waals surface area contributed by atoms with E-state index in [4.69, 9.17) is 16.9 Å². The van der Waals surface area contributed by atoms with E-state index in [9.17, 15) is 0 Å². The van der Waals surface area contributed by atoms with Gasteiger partial charge in [-0.15, -0.1) is 0 Å². The van der Waals surface area contributed by atoms with E-state index in [1.165, 1.54) is 6.08 Å². The average molecular weight is 168 g/mol. The molecule has 4 heteroatoms. The molecular weight excluding hydrogens is 162 g/mol. The Morgan fingerprint density at radius 3 is 3.09 bits per heavy atom. The molecule has 0 atom stereocenters. The summed E-state index contributed by atoms with van der Waals surface area (Å²) < 4.78 is 0. The Bertz CT molecular complexity index is 319. The van der Waals surface area contributed by atoms with Crippen molar-refractivity contribution in [2.45, 2.75) is 6.92 Å². The number of hydrogen-bond acceptors (Lipinski definition) is 2. The van der Waals surface area contributed by atoms with Gasteiger partial charge >= 0.3 is 0 Å². The number of halogens is 1. The maximum Gasteiger partial charge on any atom is 0.0927 e. The second-order valence-corrected chi connectivity index (χ2v) is 2.44. The lowest BCUT2D eigenvalue weighted by Gasteiger charge is -1.91. The lowest BCUT2D eigenvalue weighted by molar-refractivity contribution is 1.05. The van der Waals surface area contributed by atoms with Crippen molar-refractivity contribution in [1.82, 2.24) is 10.2 Å². The number of allylic oxidation sites excluding steroid dienone is 1. The number of nitrogens with zero attached hydrogens (tertiary/aromatic N) is 2. The van der Waals surface area contributed by atoms with Crippen LogP contribution in [0.4, 0.5) is 0 Å². The van der Waals surface area contributed by atoms with Crippen LogP contribution in [0.2, 0.25) is 0 Å². The number of aromatic nitrogens is 2. The van der Waals surface area contributed by atoms with Crippen LogP contribution in [0.1, 0.15) is 11.3 Å². The predicted molar refractivity (Wildman–Crippen MR) is 42.8 cm³/mol. The van der Waals surface area contributed by atoms with Crippen LogP contribution in [-0.2, 0) is 0 Å². The van der Waals surface area contributed by atoms with Gasteiger partial charge in [0.15, 0.2) is 0 Å². The van der Waals surface area contributed by atoms with E-state index in [0.29, 0.717) is 5.03 Å². The molecule has 0 saturated carbocycles. The SMILES string of the molecule is Cc1[nH]ncc1C(Cl)=CC#N. The van der Waals surface area contributed by atoms with Gasteiger partial charge in [-0.1, -0.05) is 11.6 Å². The van der Waals surface area contributed by atoms with Gasteiger partial charge in [-0.2, -0.15) is 10.4 Å². The van der Waals surface area contributed by atoms with Gasteiger partial charge in [-0.25, -0.2) is 0 Å². The normalized spacial score (nSPS) is 11.2. The van der Waals surface area contributed by atoms with Crippen molar-refractivity contribution in [3.05, 3.63) is 23.5 Å². The first kappa shape index (κ1) is 7.83. The Labute approximate surface area is 69.3 Å². The number of rotatable bonds is 1. The molecule has 56 valence electrons. The van der Waals surface area contributed by atoms with E-state index in [1.807, 2.05) is 13.0 Å². The molecule has 0 aromatic carbocycles. The minimum Gasteiger partial charge on any atom is -0.282 e. The third-order valence-electron chi connectivity index (χ3n) is 1.28. The van der Waals surface area contributed by atoms with E-state index >= 15 is 0 Å². The number of nitriles is 1. The van der Waals surface area contributed by atoms with Crippen molar-refractivity contribution < 1.29 is 0 Å². The molecule has 0 saturated heterocycles. The fourth-order valence-corrected chi connectivity index (χ4v) is 0.965. The summed E-state index contributed by atoms with van der Waals surface area (Å²) in [6.45, 7) is 1.84. The van der Waals surface area contributed by atoms with E-state index in [-0.39, 0.29) is 0 Å². The molecule has 0 aliphatic heterocycles. The number of hydrogen-bond donors (Lipinski definition) is 1. The smallest absolute Gasteiger partial charge is 0.0927 e. The van der Waals surface area contributed by atoms with Crippen LogP contribution < -0.4 is 0 Å². The summed E-state index contributed by atoms with van der Waals surface area (Å²) in [6, 6.07) is 1.85. The molecule has 1 heterocycles. The van der Waals surface area contributed by atoms with Crippen LogP contribution in [0.25, 0.3) is 5.03 Å². The molecule has 0 amide bonds. The van der Waals surface area contributed by atoms with Gasteiger partial charge in [0.25, 0.3) is 0 Å². The van der Waals surface area contributed by atoms with Crippen molar-refractivity contribution in [2.75, 3.05) is 0 Å². The first-order valence-electron chi connectivity index (χ1n) is 3.01. The van der Waals surface area contributed by atoms with Crippen LogP contribution in [0, 0.1) is 18.3 Å². The highest BCUT2D eigenvalue weighted by Crippen LogP contribution is 2.19. The van der Waals surface area contributed by atoms with Gasteiger partial charge in [0.1, 0.15) is 0 Å². The molecule has 0 radical (unpaired) electrons. The molecule has 11 heavy (non-hydrogen) atoms. The zero-order chi connectivity index (χ0) is 8.27. The molecule has 1 N–H and O–H groups in total. The molecule has 1 rings (SSSR count). The Morgan fingerprint density at radius 1 is 1.91 bits per heavy atom. The summed E-state index contributed by atoms with van der Waals surface area (Å²) in [5.74, 6) is 0. The third-order valence-corrected chi connectivity index (χ3v) is 1.59. The van der Waals surface area contributed by atoms with Crippen molar-refractivity contribution in [3.8, 4) is 6.07 Å². The maximum atomic E-state index is 8.28. The molecule has 1 aromatic heterocycles. The molecule has 1 aromatic rings. The molecule has 0 aliphatic carbocycles. The second kappa shape index (κ2) is 3.22. The monoisotopic (exact) mass is 167 g/mol. The molecule has 0 aliphatic rings. The van der Waals surface area contributed by atoms with Gasteiger partial charge in [0.05, 0.1) is 17.3 Å². The van der Waals surface area contributed by atoms with Gasteiger partial charge in [-0.05, 0) is 6.92 Å². The predicted octanol–water partition coefficient (Wildman–Crippen LogP) is 1.82. The summed E-state index contributed by atoms with van der Waals surface area (Å²) >= 11 is 5.73. The third kappa shape index (κ3) is 1.60. The fourth-order valence-electron chi connectivity index (χ4n) is 0.726. The zero-order valence-corrected chi connectivity index (χ0v) is 6.68. The van der Waals surface area contributed by atoms with Gasteiger partial charge < -0.3 is 0 Å². The highest BCUT2D eigenvalue weighted by molar-refractivity contribution is 6.49. The Hall–Kier alpha value is -1.27. The number of aryl methyl sites for hydroxylation is 1. The van der Waals surface area contributed by atoms with Gasteiger partial charge in [0, 0.05) is 17.3 Å². The lowest BCUT2D eigenvalue weighted by Crippen LogP contribution is -1.77. The summed E-state index contributed by atoms with van der Waals surface area (Å²) in [5, 5.41) is 15.2. The molecular formula is C7H6ClN3. The average Bonchev–Trinajstić information content (AvgIpc) is 2.36. The first-order valence-corrected chi connectivity index (χ1v) is 3.39. The molecule has 0 bridgehead atoms. The van der Waals surface area contributed by atoms with Gasteiger partial charge in [-0.3, -0.25) is 5.10 Å². The van der Waals surface area contributed by atoms with E-state index < -0.39 is 0 Å². The van der Waals surface area contributed by atoms with Crippen LogP contribution in [0.15, 0.2) is 12.3 Å². The highest BCUT2D eigenvalue weighted by atomic mass is 35.5. The van der Waals surface area contributed by atoms with Gasteiger partial charge in [0.2, 0.25) is 0 Å². The highest BCUT2D eigenvalue weighted by Gasteiger charge is 2.02. The number of H-pyrrole nitrogens is 1. The minimum absolute atomic E-state index is 0.416. The van der Waals surface area contributed by atoms with Crippen LogP contribution in [0.5, 0.6) is 0 Å². The molecule has 0 unspecified atom stereocenters. The number of nitrogens with one attached hydrogen (secondary N) is 1. The summed E-state index contributed by atoms with van der Waals surface area (Å²) in [4.78, 5) is 0. The lowest BCUT2D eigenvalue weighted by atomic mass is 10.2. The largest absolute Gasteiger partial charge is 0.282 e. The Kier molecular flexibility index (Phi) is 2.29. The molecule has 0 spiro atoms. The van der Waals surface area contributed by atoms with Crippen LogP contribution >= 0.6 is 11.6 Å². The topological polar surface area (TPSA) is 52.5 Å². The zero-order valence-electron chi connectivity index (χ0n) is 5.93. The number of aromatic amines is 1. The van der Waals surface area contributed by atoms with Crippen LogP contribution in [-0.4, -0.2) is 10.2 Å². The Morgan fingerprint density at radius 2 is 2.64 bits per heavy atom. The summed E-state index contributed by atoms with van der Waals surface area (Å²) in [5.41, 5.74) is 1.63. The minimum atomic E-state index is 0.416. The molecule has 3 nitrogen and oxygen atoms in total. The first-order chi connectivity index (χ1) is 5.25. The van der Waals surface area contributed by atoms with Crippen molar-refractivity contribution in [3.63, 3.8) is 0 Å². The quantitative estimate of drug-likeness (QED) is 0.649. The van der Waals surface area contributed by atoms with E-state index in [2.05, 4.69) is 10.2 Å². The standard InChI is InChI=1S/C7H6ClN3/c1-5-6(4-10-11-5)7(8)2-3-9/h2,4H,1H3,(H,10,11). The van der Waals surface area contributed by atoms with Crippen molar-refractivity contribution >= 4 is 16.6 Å². The molecule has 0 fully saturated rings. The van der Waals surface area contributed by atoms with Crippen molar-refractivity contribution in [1.29, 1.82) is 5.26 Å². The van der Waals surface area contributed by atoms with E-state index in [1.54, 1.807) is 6.20 Å². The van der Waals surface area contributed by atoms with Crippen molar-refractivity contribution in [2.24, 2.45) is 0 Å². The summed E-state index contributed by atoms with van der Waals surface area (Å²) in [6.07, 6.45) is 2.87. The van der Waals surface area contributed by atoms with Crippen LogP contribution in [0.3, 0.4) is 0 Å².